The molecule has 5 heteroatoms. The van der Waals surface area contributed by atoms with Gasteiger partial charge in [-0.3, -0.25) is 0 Å². The summed E-state index contributed by atoms with van der Waals surface area (Å²) in [6.07, 6.45) is 0. The van der Waals surface area contributed by atoms with Gasteiger partial charge in [-0.1, -0.05) is 0 Å². The van der Waals surface area contributed by atoms with Crippen LogP contribution in [-0.2, 0) is 38.7 Å². The molecule has 28 valence electrons. The van der Waals surface area contributed by atoms with Crippen LogP contribution in [0.15, 0.2) is 0 Å². The van der Waals surface area contributed by atoms with Crippen LogP contribution in [0.2, 0.25) is 0 Å². The third-order valence-electron chi connectivity index (χ3n) is 0.0759. The van der Waals surface area contributed by atoms with Crippen molar-refractivity contribution in [2.75, 3.05) is 0 Å². The van der Waals surface area contributed by atoms with Crippen LogP contribution < -0.4 is 0 Å². The topological polar surface area (TPSA) is 0 Å². The molecule has 0 radical (unpaired) electrons. The molecule has 0 spiro atoms. The van der Waals surface area contributed by atoms with Gasteiger partial charge in [-0.15, -0.1) is 0 Å². The second-order valence-corrected chi connectivity index (χ2v) is 4.73. The van der Waals surface area contributed by atoms with E-state index in [1.165, 1.54) is 27.5 Å². The molecule has 0 aliphatic heterocycles. The first-order valence-corrected chi connectivity index (χ1v) is 5.37. The van der Waals surface area contributed by atoms with Crippen molar-refractivity contribution in [3.8, 4) is 0 Å². The van der Waals surface area contributed by atoms with Crippen molar-refractivity contribution < 1.29 is 0 Å². The van der Waals surface area contributed by atoms with Gasteiger partial charge in [0.15, 0.2) is 0 Å². The van der Waals surface area contributed by atoms with Crippen LogP contribution in [0.25, 0.3) is 0 Å². The van der Waals surface area contributed by atoms with E-state index in [1.807, 2.05) is 0 Å². The Labute approximate surface area is 45.5 Å². The summed E-state index contributed by atoms with van der Waals surface area (Å²) in [6.45, 7) is 3.47. The van der Waals surface area contributed by atoms with Crippen LogP contribution in [0.3, 0.4) is 0 Å². The van der Waals surface area contributed by atoms with Gasteiger partial charge in [0.2, 0.25) is 0 Å². The van der Waals surface area contributed by atoms with E-state index in [-0.39, 0.29) is 0 Å². The van der Waals surface area contributed by atoms with Gasteiger partial charge in [0.05, 0.1) is 0 Å². The summed E-state index contributed by atoms with van der Waals surface area (Å²) in [6, 6.07) is 0. The Balaban J connectivity index is 4.38. The zero-order valence-corrected chi connectivity index (χ0v) is 5.61. The Morgan fingerprint density at radius 1 is 1.60 bits per heavy atom. The Bertz CT molecular complexity index is 95.6. The first kappa shape index (κ1) is 5.94. The third kappa shape index (κ3) is 4.94. The van der Waals surface area contributed by atoms with Crippen LogP contribution in [0.4, 0.5) is 0 Å². The van der Waals surface area contributed by atoms with E-state index >= 15 is 0 Å². The van der Waals surface area contributed by atoms with E-state index in [4.69, 9.17) is 0 Å². The second kappa shape index (κ2) is 4.94. The fourth-order valence-corrected chi connectivity index (χ4v) is 1.59. The Morgan fingerprint density at radius 2 is 2.20 bits per heavy atom. The summed E-state index contributed by atoms with van der Waals surface area (Å²) in [7, 11) is 4.23. The quantitative estimate of drug-likeness (QED) is 0.402. The van der Waals surface area contributed by atoms with Crippen LogP contribution >= 0.6 is 0 Å². The number of hydrogen-bond acceptors (Lipinski definition) is 1. The van der Waals surface area contributed by atoms with Crippen molar-refractivity contribution >= 4 is 45.4 Å². The monoisotopic (exact) mass is 140 g/mol. The van der Waals surface area contributed by atoms with E-state index in [0.717, 1.165) is 0 Å². The average molecular weight is 140 g/mol. The van der Waals surface area contributed by atoms with E-state index in [0.29, 0.717) is 0 Å². The molecule has 5 heavy (non-hydrogen) atoms. The minimum atomic E-state index is 1.30. The molecule has 0 rings (SSSR count). The van der Waals surface area contributed by atoms with Gasteiger partial charge in [-0.2, -0.15) is 0 Å². The fraction of sp³-hybridized carbons (Fsp3) is 0. The normalized spacial score (nSPS) is 5.40. The SMILES string of the molecule is B=S=S=S=S. The minimum absolute atomic E-state index is 1.30. The van der Waals surface area contributed by atoms with Crippen molar-refractivity contribution in [1.82, 2.24) is 0 Å². The zero-order chi connectivity index (χ0) is 4.12. The molecule has 0 fully saturated rings. The summed E-state index contributed by atoms with van der Waals surface area (Å²) in [5.41, 5.74) is 0. The number of hydrogen-bond donors (Lipinski definition) is 0. The molecule has 0 N–H and O–H groups in total. The van der Waals surface area contributed by atoms with Gasteiger partial charge < -0.3 is 0 Å². The molecular formula is HBS4. The number of rotatable bonds is 0. The fourth-order valence-electron chi connectivity index (χ4n) is 0.0196. The molecule has 0 unspecified atom stereocenters. The Kier molecular flexibility index (Phi) is 5.88. The molecule has 0 aromatic rings. The summed E-state index contributed by atoms with van der Waals surface area (Å²) >= 11 is 4.47. The molecule has 0 aromatic heterocycles. The van der Waals surface area contributed by atoms with Crippen molar-refractivity contribution in [3.05, 3.63) is 0 Å². The molecule has 0 aromatic carbocycles. The summed E-state index contributed by atoms with van der Waals surface area (Å²) in [4.78, 5) is 0. The van der Waals surface area contributed by atoms with E-state index in [1.54, 1.807) is 0 Å². The van der Waals surface area contributed by atoms with Crippen molar-refractivity contribution in [2.24, 2.45) is 0 Å². The standard InChI is InChI=1S/BHS4/c1-3-5-4-2/h1H. The predicted octanol–water partition coefficient (Wildman–Crippen LogP) is -0.658. The van der Waals surface area contributed by atoms with Crippen LogP contribution in [-0.4, -0.2) is 6.72 Å². The average Bonchev–Trinajstić information content (AvgIpc) is 1.41. The Morgan fingerprint density at radius 3 is 2.20 bits per heavy atom. The zero-order valence-electron chi connectivity index (χ0n) is 2.34. The van der Waals surface area contributed by atoms with Gasteiger partial charge in [0.25, 0.3) is 0 Å². The first-order chi connectivity index (χ1) is 2.41. The van der Waals surface area contributed by atoms with Gasteiger partial charge in [-0.25, -0.2) is 0 Å². The van der Waals surface area contributed by atoms with E-state index in [2.05, 4.69) is 17.9 Å². The molecule has 0 aliphatic carbocycles. The van der Waals surface area contributed by atoms with Crippen molar-refractivity contribution in [3.63, 3.8) is 0 Å². The van der Waals surface area contributed by atoms with E-state index in [9.17, 15) is 0 Å². The Hall–Kier alpha value is 0.945. The van der Waals surface area contributed by atoms with Crippen LogP contribution in [0.5, 0.6) is 0 Å². The second-order valence-electron chi connectivity index (χ2n) is 0.254. The predicted molar refractivity (Wildman–Crippen MR) is 36.6 cm³/mol. The van der Waals surface area contributed by atoms with Gasteiger partial charge in [0.1, 0.15) is 0 Å². The summed E-state index contributed by atoms with van der Waals surface area (Å²) in [5.74, 6) is 0. The molecule has 0 nitrogen and oxygen atoms in total. The van der Waals surface area contributed by atoms with Gasteiger partial charge >= 0.3 is 45.4 Å². The molecule has 0 saturated carbocycles. The van der Waals surface area contributed by atoms with E-state index < -0.39 is 0 Å². The maximum absolute atomic E-state index is 4.47. The molecule has 0 amide bonds. The molecule has 0 heterocycles. The summed E-state index contributed by atoms with van der Waals surface area (Å²) < 4.78 is 0. The molecule has 0 atom stereocenters. The summed E-state index contributed by atoms with van der Waals surface area (Å²) in [5, 5.41) is 0. The maximum atomic E-state index is 4.47. The van der Waals surface area contributed by atoms with Crippen LogP contribution in [0, 0.1) is 0 Å². The first-order valence-electron chi connectivity index (χ1n) is 0.789. The van der Waals surface area contributed by atoms with Gasteiger partial charge in [-0.05, 0) is 0 Å². The molecule has 0 saturated heterocycles. The van der Waals surface area contributed by atoms with Crippen LogP contribution in [0.1, 0.15) is 0 Å². The molecule has 0 aliphatic rings. The van der Waals surface area contributed by atoms with Crippen molar-refractivity contribution in [1.29, 1.82) is 0 Å². The van der Waals surface area contributed by atoms with Gasteiger partial charge in [0, 0.05) is 0 Å². The molecule has 0 bridgehead atoms. The van der Waals surface area contributed by atoms with Crippen molar-refractivity contribution in [2.45, 2.75) is 0 Å². The molecular weight excluding hydrogens is 139 g/mol. The third-order valence-corrected chi connectivity index (χ3v) is 3.55.